The SMILES string of the molecule is Cn1nc2c(c1-c1cccc(Cl)c1)C[C@@H]1CCC[C@H]2N1C(=O)c1ncn(-c2ccccc2F)n1. The quantitative estimate of drug-likeness (QED) is 0.428. The first-order valence-electron chi connectivity index (χ1n) is 11.3. The largest absolute Gasteiger partial charge is 0.324 e. The van der Waals surface area contributed by atoms with Crippen LogP contribution in [0.25, 0.3) is 16.9 Å². The highest BCUT2D eigenvalue weighted by Crippen LogP contribution is 2.45. The summed E-state index contributed by atoms with van der Waals surface area (Å²) < 4.78 is 17.4. The van der Waals surface area contributed by atoms with E-state index in [0.717, 1.165) is 36.2 Å². The van der Waals surface area contributed by atoms with Crippen molar-refractivity contribution in [1.29, 1.82) is 0 Å². The van der Waals surface area contributed by atoms with Gasteiger partial charge in [0, 0.05) is 29.2 Å². The lowest BCUT2D eigenvalue weighted by molar-refractivity contribution is 0.0379. The summed E-state index contributed by atoms with van der Waals surface area (Å²) in [4.78, 5) is 19.7. The fourth-order valence-electron chi connectivity index (χ4n) is 5.38. The van der Waals surface area contributed by atoms with Crippen molar-refractivity contribution < 1.29 is 9.18 Å². The molecule has 2 aromatic carbocycles. The summed E-state index contributed by atoms with van der Waals surface area (Å²) in [5.74, 6) is -0.604. The van der Waals surface area contributed by atoms with Crippen molar-refractivity contribution in [2.24, 2.45) is 7.05 Å². The van der Waals surface area contributed by atoms with Crippen molar-refractivity contribution >= 4 is 17.5 Å². The zero-order chi connectivity index (χ0) is 23.4. The minimum absolute atomic E-state index is 0.0290. The second-order valence-electron chi connectivity index (χ2n) is 8.83. The van der Waals surface area contributed by atoms with E-state index >= 15 is 0 Å². The van der Waals surface area contributed by atoms with Crippen LogP contribution in [0.2, 0.25) is 5.02 Å². The molecule has 0 saturated carbocycles. The molecule has 4 heterocycles. The van der Waals surface area contributed by atoms with Gasteiger partial charge in [-0.2, -0.15) is 5.10 Å². The summed E-state index contributed by atoms with van der Waals surface area (Å²) in [6, 6.07) is 14.0. The van der Waals surface area contributed by atoms with Gasteiger partial charge in [-0.05, 0) is 49.9 Å². The Morgan fingerprint density at radius 2 is 1.97 bits per heavy atom. The number of hydrogen-bond donors (Lipinski definition) is 0. The molecule has 0 unspecified atom stereocenters. The predicted molar refractivity (Wildman–Crippen MR) is 125 cm³/mol. The Morgan fingerprint density at radius 1 is 1.12 bits per heavy atom. The van der Waals surface area contributed by atoms with Crippen LogP contribution in [0.5, 0.6) is 0 Å². The second kappa shape index (κ2) is 8.06. The minimum Gasteiger partial charge on any atom is -0.324 e. The Balaban J connectivity index is 1.37. The summed E-state index contributed by atoms with van der Waals surface area (Å²) in [6.45, 7) is 0. The van der Waals surface area contributed by atoms with E-state index in [1.807, 2.05) is 40.9 Å². The molecule has 0 aliphatic carbocycles. The monoisotopic (exact) mass is 476 g/mol. The smallest absolute Gasteiger partial charge is 0.294 e. The maximum absolute atomic E-state index is 14.2. The first-order valence-corrected chi connectivity index (χ1v) is 11.7. The van der Waals surface area contributed by atoms with E-state index in [1.165, 1.54) is 22.6 Å². The number of benzene rings is 2. The van der Waals surface area contributed by atoms with Gasteiger partial charge in [-0.3, -0.25) is 9.48 Å². The van der Waals surface area contributed by atoms with Crippen LogP contribution in [0.3, 0.4) is 0 Å². The van der Waals surface area contributed by atoms with Crippen LogP contribution in [-0.2, 0) is 13.5 Å². The van der Waals surface area contributed by atoms with Gasteiger partial charge in [-0.25, -0.2) is 14.1 Å². The van der Waals surface area contributed by atoms with Crippen molar-refractivity contribution in [2.45, 2.75) is 37.8 Å². The molecule has 2 aromatic heterocycles. The maximum atomic E-state index is 14.2. The molecule has 2 bridgehead atoms. The molecule has 2 atom stereocenters. The molecule has 0 spiro atoms. The third kappa shape index (κ3) is 3.32. The van der Waals surface area contributed by atoms with E-state index in [4.69, 9.17) is 16.7 Å². The summed E-state index contributed by atoms with van der Waals surface area (Å²) in [5, 5.41) is 9.84. The normalized spacial score (nSPS) is 19.2. The fourth-order valence-corrected chi connectivity index (χ4v) is 5.57. The summed E-state index contributed by atoms with van der Waals surface area (Å²) in [5.41, 5.74) is 4.42. The molecule has 2 aliphatic heterocycles. The van der Waals surface area contributed by atoms with Crippen molar-refractivity contribution in [3.05, 3.63) is 82.8 Å². The highest BCUT2D eigenvalue weighted by atomic mass is 35.5. The second-order valence-corrected chi connectivity index (χ2v) is 9.26. The number of aromatic nitrogens is 5. The lowest BCUT2D eigenvalue weighted by Crippen LogP contribution is -2.50. The van der Waals surface area contributed by atoms with Crippen molar-refractivity contribution in [3.63, 3.8) is 0 Å². The molecule has 0 radical (unpaired) electrons. The Labute approximate surface area is 200 Å². The molecule has 1 saturated heterocycles. The molecule has 7 nitrogen and oxygen atoms in total. The van der Waals surface area contributed by atoms with Crippen LogP contribution >= 0.6 is 11.6 Å². The number of halogens is 2. The number of piperidine rings is 1. The molecular formula is C25H22ClFN6O. The summed E-state index contributed by atoms with van der Waals surface area (Å²) >= 11 is 6.26. The average Bonchev–Trinajstić information content (AvgIpc) is 3.43. The van der Waals surface area contributed by atoms with Crippen LogP contribution in [0.1, 0.15) is 47.2 Å². The first kappa shape index (κ1) is 21.0. The zero-order valence-electron chi connectivity index (χ0n) is 18.5. The van der Waals surface area contributed by atoms with Crippen LogP contribution in [-0.4, -0.2) is 41.4 Å². The first-order chi connectivity index (χ1) is 16.5. The van der Waals surface area contributed by atoms with E-state index in [1.54, 1.807) is 18.2 Å². The lowest BCUT2D eigenvalue weighted by Gasteiger charge is -2.44. The van der Waals surface area contributed by atoms with Crippen LogP contribution in [0.15, 0.2) is 54.9 Å². The Bertz CT molecular complexity index is 1410. The van der Waals surface area contributed by atoms with E-state index < -0.39 is 5.82 Å². The maximum Gasteiger partial charge on any atom is 0.294 e. The number of carbonyl (C=O) groups excluding carboxylic acids is 1. The molecule has 2 aliphatic rings. The van der Waals surface area contributed by atoms with Gasteiger partial charge in [-0.15, -0.1) is 5.10 Å². The molecule has 34 heavy (non-hydrogen) atoms. The predicted octanol–water partition coefficient (Wildman–Crippen LogP) is 4.75. The number of aryl methyl sites for hydroxylation is 1. The zero-order valence-corrected chi connectivity index (χ0v) is 19.3. The lowest BCUT2D eigenvalue weighted by atomic mass is 9.81. The van der Waals surface area contributed by atoms with E-state index in [2.05, 4.69) is 10.1 Å². The Morgan fingerprint density at radius 3 is 2.79 bits per heavy atom. The molecule has 0 N–H and O–H groups in total. The number of carbonyl (C=O) groups is 1. The van der Waals surface area contributed by atoms with Gasteiger partial charge in [-0.1, -0.05) is 35.9 Å². The van der Waals surface area contributed by atoms with E-state index in [0.29, 0.717) is 11.4 Å². The van der Waals surface area contributed by atoms with Crippen LogP contribution in [0, 0.1) is 5.82 Å². The van der Waals surface area contributed by atoms with Crippen molar-refractivity contribution in [1.82, 2.24) is 29.4 Å². The molecule has 1 amide bonds. The van der Waals surface area contributed by atoms with Gasteiger partial charge < -0.3 is 4.90 Å². The van der Waals surface area contributed by atoms with Gasteiger partial charge in [0.15, 0.2) is 0 Å². The Hall–Kier alpha value is -3.52. The van der Waals surface area contributed by atoms with Crippen LogP contribution < -0.4 is 0 Å². The molecule has 9 heteroatoms. The standard InChI is InChI=1S/C25H22ClFN6O/c1-31-23(15-6-4-7-16(26)12-15)18-13-17-8-5-11-21(22(18)29-31)33(17)25(34)24-28-14-32(30-24)20-10-3-2-9-19(20)27/h2-4,6-7,9-10,12,14,17,21H,5,8,11,13H2,1H3/t17-,21+/m0/s1. The average molecular weight is 477 g/mol. The Kier molecular flexibility index (Phi) is 4.99. The molecule has 172 valence electrons. The van der Waals surface area contributed by atoms with Gasteiger partial charge >= 0.3 is 0 Å². The van der Waals surface area contributed by atoms with Gasteiger partial charge in [0.1, 0.15) is 17.8 Å². The number of rotatable bonds is 3. The third-order valence-corrected chi connectivity index (χ3v) is 7.03. The molecule has 1 fully saturated rings. The van der Waals surface area contributed by atoms with E-state index in [-0.39, 0.29) is 29.5 Å². The highest BCUT2D eigenvalue weighted by Gasteiger charge is 2.44. The van der Waals surface area contributed by atoms with Crippen LogP contribution in [0.4, 0.5) is 4.39 Å². The minimum atomic E-state index is -0.423. The van der Waals surface area contributed by atoms with E-state index in [9.17, 15) is 9.18 Å². The fraction of sp³-hybridized carbons (Fsp3) is 0.280. The molecule has 6 rings (SSSR count). The van der Waals surface area contributed by atoms with Gasteiger partial charge in [0.2, 0.25) is 5.82 Å². The molecular weight excluding hydrogens is 455 g/mol. The number of fused-ring (bicyclic) bond motifs is 4. The highest BCUT2D eigenvalue weighted by molar-refractivity contribution is 6.30. The van der Waals surface area contributed by atoms with Crippen molar-refractivity contribution in [2.75, 3.05) is 0 Å². The van der Waals surface area contributed by atoms with Gasteiger partial charge in [0.05, 0.1) is 17.4 Å². The third-order valence-electron chi connectivity index (χ3n) is 6.79. The topological polar surface area (TPSA) is 68.8 Å². The van der Waals surface area contributed by atoms with Crippen molar-refractivity contribution in [3.8, 4) is 16.9 Å². The number of para-hydroxylation sites is 1. The number of hydrogen-bond acceptors (Lipinski definition) is 4. The summed E-state index contributed by atoms with van der Waals surface area (Å²) in [7, 11) is 1.93. The number of amides is 1. The summed E-state index contributed by atoms with van der Waals surface area (Å²) in [6.07, 6.45) is 4.85. The molecule has 4 aromatic rings. The number of nitrogens with zero attached hydrogens (tertiary/aromatic N) is 6. The van der Waals surface area contributed by atoms with Gasteiger partial charge in [0.25, 0.3) is 5.91 Å².